The first-order chi connectivity index (χ1) is 19.1. The monoisotopic (exact) mass is 584 g/mol. The van der Waals surface area contributed by atoms with Gasteiger partial charge in [-0.15, -0.1) is 0 Å². The molecule has 0 radical (unpaired) electrons. The average Bonchev–Trinajstić information content (AvgIpc) is 3.41. The van der Waals surface area contributed by atoms with Gasteiger partial charge in [-0.1, -0.05) is 17.7 Å². The Kier molecular flexibility index (Phi) is 8.13. The van der Waals surface area contributed by atoms with Crippen LogP contribution < -0.4 is 10.6 Å². The Morgan fingerprint density at radius 2 is 1.98 bits per heavy atom. The minimum Gasteiger partial charge on any atom is -0.390 e. The van der Waals surface area contributed by atoms with E-state index in [1.807, 2.05) is 25.1 Å². The fraction of sp³-hybridized carbons (Fsp3) is 0.481. The van der Waals surface area contributed by atoms with Gasteiger partial charge in [0.05, 0.1) is 45.7 Å². The fourth-order valence-corrected chi connectivity index (χ4v) is 6.65. The van der Waals surface area contributed by atoms with Gasteiger partial charge in [-0.3, -0.25) is 0 Å². The number of piperidine rings is 1. The zero-order valence-corrected chi connectivity index (χ0v) is 24.1. The third kappa shape index (κ3) is 6.29. The molecular formula is C27H33ClN8O3S. The topological polar surface area (TPSA) is 149 Å². The third-order valence-corrected chi connectivity index (χ3v) is 9.72. The van der Waals surface area contributed by atoms with Crippen molar-refractivity contribution >= 4 is 27.6 Å². The molecule has 0 spiro atoms. The lowest BCUT2D eigenvalue weighted by Gasteiger charge is -2.41. The van der Waals surface area contributed by atoms with Gasteiger partial charge in [-0.2, -0.15) is 10.4 Å². The van der Waals surface area contributed by atoms with Gasteiger partial charge in [0.15, 0.2) is 0 Å². The van der Waals surface area contributed by atoms with Crippen molar-refractivity contribution in [3.05, 3.63) is 52.9 Å². The van der Waals surface area contributed by atoms with Gasteiger partial charge in [0.2, 0.25) is 16.0 Å². The Balaban J connectivity index is 1.27. The number of rotatable bonds is 9. The number of nitrogens with zero attached hydrogens (tertiary/aromatic N) is 6. The van der Waals surface area contributed by atoms with Gasteiger partial charge in [-0.25, -0.2) is 27.4 Å². The summed E-state index contributed by atoms with van der Waals surface area (Å²) in [5.41, 5.74) is 2.57. The second-order valence-electron chi connectivity index (χ2n) is 10.7. The van der Waals surface area contributed by atoms with Crippen molar-refractivity contribution in [2.75, 3.05) is 24.2 Å². The van der Waals surface area contributed by atoms with Crippen LogP contribution in [0.3, 0.4) is 0 Å². The molecule has 2 aliphatic rings. The van der Waals surface area contributed by atoms with Crippen molar-refractivity contribution in [1.29, 1.82) is 5.26 Å². The summed E-state index contributed by atoms with van der Waals surface area (Å²) in [7, 11) is -3.20. The lowest BCUT2D eigenvalue weighted by Crippen LogP contribution is -2.51. The molecule has 1 aliphatic carbocycles. The van der Waals surface area contributed by atoms with E-state index < -0.39 is 15.6 Å². The molecule has 40 heavy (non-hydrogen) atoms. The van der Waals surface area contributed by atoms with Crippen LogP contribution in [0.15, 0.2) is 36.8 Å². The number of aromatic nitrogens is 4. The second kappa shape index (κ2) is 11.4. The Labute approximate surface area is 239 Å². The molecule has 3 heterocycles. The van der Waals surface area contributed by atoms with Crippen LogP contribution in [-0.4, -0.2) is 74.1 Å². The number of nitrogens with one attached hydrogen (secondary N) is 2. The molecule has 3 N–H and O–H groups in total. The number of sulfonamides is 1. The summed E-state index contributed by atoms with van der Waals surface area (Å²) >= 11 is 6.61. The number of halogens is 1. The van der Waals surface area contributed by atoms with E-state index in [0.717, 1.165) is 18.4 Å². The van der Waals surface area contributed by atoms with E-state index in [2.05, 4.69) is 31.8 Å². The first kappa shape index (κ1) is 28.4. The Morgan fingerprint density at radius 1 is 1.23 bits per heavy atom. The fourth-order valence-electron chi connectivity index (χ4n) is 5.23. The van der Waals surface area contributed by atoms with Crippen molar-refractivity contribution < 1.29 is 13.5 Å². The Bertz CT molecular complexity index is 1520. The molecule has 1 saturated heterocycles. The number of benzene rings is 1. The zero-order valence-electron chi connectivity index (χ0n) is 22.5. The first-order valence-electron chi connectivity index (χ1n) is 13.4. The molecule has 11 nitrogen and oxygen atoms in total. The summed E-state index contributed by atoms with van der Waals surface area (Å²) in [5.74, 6) is 0.472. The Morgan fingerprint density at radius 3 is 2.62 bits per heavy atom. The van der Waals surface area contributed by atoms with E-state index in [4.69, 9.17) is 11.6 Å². The van der Waals surface area contributed by atoms with Crippen LogP contribution in [0.5, 0.6) is 0 Å². The van der Waals surface area contributed by atoms with Gasteiger partial charge in [0, 0.05) is 43.5 Å². The molecule has 1 saturated carbocycles. The molecule has 212 valence electrons. The molecular weight excluding hydrogens is 552 g/mol. The van der Waals surface area contributed by atoms with Gasteiger partial charge >= 0.3 is 0 Å². The molecule has 2 aromatic heterocycles. The highest BCUT2D eigenvalue weighted by molar-refractivity contribution is 7.89. The maximum atomic E-state index is 12.1. The molecule has 2 fully saturated rings. The molecule has 3 aromatic rings. The molecule has 0 bridgehead atoms. The van der Waals surface area contributed by atoms with E-state index in [1.54, 1.807) is 24.0 Å². The van der Waals surface area contributed by atoms with Crippen molar-refractivity contribution in [2.24, 2.45) is 0 Å². The molecule has 13 heteroatoms. The van der Waals surface area contributed by atoms with Crippen molar-refractivity contribution in [3.8, 4) is 23.0 Å². The normalized spacial score (nSPS) is 22.0. The van der Waals surface area contributed by atoms with Crippen LogP contribution >= 0.6 is 11.6 Å². The molecule has 1 aliphatic heterocycles. The standard InChI is InChI=1S/C27H33ClN8O3S/c1-3-40(38,39)35-8-6-21(7-9-35)33-26-31-15-19(13-29)25(34-26)20-16-32-36(17-20)24-5-4-18(10-23(24)28)14-30-22-11-27(2,37)12-22/h4-5,10,15-17,21-22,30,37H,3,6-9,11-12,14H2,1-2H3,(H,31,33,34). The van der Waals surface area contributed by atoms with Crippen molar-refractivity contribution in [3.63, 3.8) is 0 Å². The van der Waals surface area contributed by atoms with Gasteiger partial charge in [-0.05, 0) is 57.2 Å². The van der Waals surface area contributed by atoms with Crippen molar-refractivity contribution in [2.45, 2.75) is 63.8 Å². The summed E-state index contributed by atoms with van der Waals surface area (Å²) in [4.78, 5) is 8.92. The van der Waals surface area contributed by atoms with E-state index in [0.29, 0.717) is 72.0 Å². The molecule has 0 atom stereocenters. The highest BCUT2D eigenvalue weighted by atomic mass is 35.5. The SMILES string of the molecule is CCS(=O)(=O)N1CCC(Nc2ncc(C#N)c(-c3cnn(-c4ccc(CNC5CC(C)(O)C5)cc4Cl)c3)n2)CC1. The molecule has 5 rings (SSSR count). The lowest BCUT2D eigenvalue weighted by molar-refractivity contribution is -0.0393. The molecule has 0 unspecified atom stereocenters. The number of hydrogen-bond acceptors (Lipinski definition) is 9. The number of aliphatic hydroxyl groups is 1. The van der Waals surface area contributed by atoms with Crippen LogP contribution in [0.1, 0.15) is 50.7 Å². The smallest absolute Gasteiger partial charge is 0.223 e. The van der Waals surface area contributed by atoms with E-state index in [9.17, 15) is 18.8 Å². The molecule has 1 aromatic carbocycles. The zero-order chi connectivity index (χ0) is 28.5. The second-order valence-corrected chi connectivity index (χ2v) is 13.4. The summed E-state index contributed by atoms with van der Waals surface area (Å²) in [5, 5.41) is 31.3. The van der Waals surface area contributed by atoms with Crippen LogP contribution in [0.4, 0.5) is 5.95 Å². The van der Waals surface area contributed by atoms with Crippen LogP contribution in [-0.2, 0) is 16.6 Å². The Hall–Kier alpha value is -3.08. The third-order valence-electron chi connectivity index (χ3n) is 7.54. The van der Waals surface area contributed by atoms with Crippen LogP contribution in [0.25, 0.3) is 16.9 Å². The lowest BCUT2D eigenvalue weighted by atomic mass is 9.77. The average molecular weight is 585 g/mol. The van der Waals surface area contributed by atoms with Crippen LogP contribution in [0, 0.1) is 11.3 Å². The van der Waals surface area contributed by atoms with Gasteiger partial charge < -0.3 is 15.7 Å². The van der Waals surface area contributed by atoms with E-state index in [-0.39, 0.29) is 11.8 Å². The van der Waals surface area contributed by atoms with Gasteiger partial charge in [0.25, 0.3) is 0 Å². The number of hydrogen-bond donors (Lipinski definition) is 3. The minimum atomic E-state index is -3.20. The van der Waals surface area contributed by atoms with E-state index >= 15 is 0 Å². The minimum absolute atomic E-state index is 0.0241. The predicted octanol–water partition coefficient (Wildman–Crippen LogP) is 3.08. The quantitative estimate of drug-likeness (QED) is 0.345. The van der Waals surface area contributed by atoms with Gasteiger partial charge in [0.1, 0.15) is 6.07 Å². The molecule has 0 amide bonds. The summed E-state index contributed by atoms with van der Waals surface area (Å²) in [6.07, 6.45) is 7.65. The first-order valence-corrected chi connectivity index (χ1v) is 15.4. The largest absolute Gasteiger partial charge is 0.390 e. The maximum absolute atomic E-state index is 12.1. The maximum Gasteiger partial charge on any atom is 0.223 e. The van der Waals surface area contributed by atoms with Crippen LogP contribution in [0.2, 0.25) is 5.02 Å². The number of anilines is 1. The van der Waals surface area contributed by atoms with E-state index in [1.165, 1.54) is 10.5 Å². The number of nitriles is 1. The predicted molar refractivity (Wildman–Crippen MR) is 152 cm³/mol. The summed E-state index contributed by atoms with van der Waals surface area (Å²) in [6.45, 7) is 5.05. The highest BCUT2D eigenvalue weighted by Gasteiger charge is 2.37. The summed E-state index contributed by atoms with van der Waals surface area (Å²) < 4.78 is 27.5. The van der Waals surface area contributed by atoms with Crippen molar-refractivity contribution in [1.82, 2.24) is 29.4 Å². The summed E-state index contributed by atoms with van der Waals surface area (Å²) in [6, 6.07) is 8.25. The highest BCUT2D eigenvalue weighted by Crippen LogP contribution is 2.32.